The molecule has 0 fully saturated rings. The minimum atomic E-state index is -2.49. The molecule has 0 spiro atoms. The van der Waals surface area contributed by atoms with E-state index in [0.717, 1.165) is 21.7 Å². The van der Waals surface area contributed by atoms with Crippen molar-refractivity contribution in [2.24, 2.45) is 0 Å². The van der Waals surface area contributed by atoms with Gasteiger partial charge in [0, 0.05) is 10.6 Å². The summed E-state index contributed by atoms with van der Waals surface area (Å²) in [5.41, 5.74) is 2.08. The number of hydrogen-bond donors (Lipinski definition) is 0. The van der Waals surface area contributed by atoms with Crippen molar-refractivity contribution in [2.75, 3.05) is 6.66 Å². The van der Waals surface area contributed by atoms with E-state index in [4.69, 9.17) is 11.6 Å². The molecule has 1 nitrogen and oxygen atoms in total. The first-order chi connectivity index (χ1) is 7.62. The molecule has 80 valence electrons. The highest BCUT2D eigenvalue weighted by molar-refractivity contribution is 7.79. The summed E-state index contributed by atoms with van der Waals surface area (Å²) >= 11 is 6.17. The van der Waals surface area contributed by atoms with Crippen molar-refractivity contribution in [3.05, 3.63) is 47.5 Å². The molecule has 1 heterocycles. The summed E-state index contributed by atoms with van der Waals surface area (Å²) in [6.07, 6.45) is 0. The van der Waals surface area contributed by atoms with Gasteiger partial charge in [0.25, 0.3) is 0 Å². The highest BCUT2D eigenvalue weighted by Gasteiger charge is 2.35. The maximum absolute atomic E-state index is 12.8. The lowest BCUT2D eigenvalue weighted by molar-refractivity contribution is 0.591. The predicted molar refractivity (Wildman–Crippen MR) is 69.7 cm³/mol. The van der Waals surface area contributed by atoms with Gasteiger partial charge in [-0.3, -0.25) is 0 Å². The zero-order valence-corrected chi connectivity index (χ0v) is 10.4. The molecule has 16 heavy (non-hydrogen) atoms. The summed E-state index contributed by atoms with van der Waals surface area (Å²) in [6, 6.07) is 13.5. The van der Waals surface area contributed by atoms with Crippen molar-refractivity contribution in [2.45, 2.75) is 0 Å². The van der Waals surface area contributed by atoms with Crippen LogP contribution in [-0.4, -0.2) is 6.66 Å². The van der Waals surface area contributed by atoms with Crippen LogP contribution in [0.5, 0.6) is 0 Å². The van der Waals surface area contributed by atoms with Crippen molar-refractivity contribution in [1.29, 1.82) is 0 Å². The SMILES string of the molecule is CP1(=O)c2ccccc2-c2cccc(Cl)c21. The van der Waals surface area contributed by atoms with Crippen LogP contribution in [0.4, 0.5) is 0 Å². The maximum Gasteiger partial charge on any atom is 0.143 e. The van der Waals surface area contributed by atoms with Gasteiger partial charge >= 0.3 is 0 Å². The van der Waals surface area contributed by atoms with Crippen LogP contribution in [-0.2, 0) is 4.57 Å². The Kier molecular flexibility index (Phi) is 2.04. The van der Waals surface area contributed by atoms with Gasteiger partial charge < -0.3 is 4.57 Å². The fraction of sp³-hybridized carbons (Fsp3) is 0.0769. The largest absolute Gasteiger partial charge is 0.314 e. The Hall–Kier alpha value is -1.04. The quantitative estimate of drug-likeness (QED) is 0.654. The molecule has 0 saturated carbocycles. The van der Waals surface area contributed by atoms with Crippen LogP contribution in [0.2, 0.25) is 5.02 Å². The molecule has 1 aliphatic heterocycles. The standard InChI is InChI=1S/C13H10ClOP/c1-16(15)12-8-3-2-5-9(12)10-6-4-7-11(14)13(10)16/h2-8H,1H3. The van der Waals surface area contributed by atoms with Crippen molar-refractivity contribution in [3.63, 3.8) is 0 Å². The fourth-order valence-corrected chi connectivity index (χ4v) is 5.42. The van der Waals surface area contributed by atoms with E-state index in [0.29, 0.717) is 5.02 Å². The molecular formula is C13H10ClOP. The van der Waals surface area contributed by atoms with Gasteiger partial charge in [-0.2, -0.15) is 0 Å². The third-order valence-corrected chi connectivity index (χ3v) is 6.16. The minimum Gasteiger partial charge on any atom is -0.314 e. The zero-order chi connectivity index (χ0) is 11.3. The Balaban J connectivity index is 2.49. The minimum absolute atomic E-state index is 0.611. The fourth-order valence-electron chi connectivity index (χ4n) is 2.36. The second-order valence-corrected chi connectivity index (χ2v) is 7.26. The summed E-state index contributed by atoms with van der Waals surface area (Å²) in [4.78, 5) is 0. The molecule has 0 aromatic heterocycles. The van der Waals surface area contributed by atoms with Crippen molar-refractivity contribution in [3.8, 4) is 11.1 Å². The monoisotopic (exact) mass is 248 g/mol. The third kappa shape index (κ3) is 1.16. The average Bonchev–Trinajstić information content (AvgIpc) is 2.50. The van der Waals surface area contributed by atoms with Crippen LogP contribution in [0.15, 0.2) is 42.5 Å². The van der Waals surface area contributed by atoms with Crippen LogP contribution in [0.25, 0.3) is 11.1 Å². The molecule has 2 aromatic carbocycles. The van der Waals surface area contributed by atoms with Crippen LogP contribution < -0.4 is 10.6 Å². The lowest BCUT2D eigenvalue weighted by Crippen LogP contribution is -2.09. The van der Waals surface area contributed by atoms with E-state index in [9.17, 15) is 4.57 Å². The second kappa shape index (κ2) is 3.23. The zero-order valence-electron chi connectivity index (χ0n) is 8.77. The smallest absolute Gasteiger partial charge is 0.143 e. The molecule has 3 rings (SSSR count). The molecule has 1 aliphatic rings. The molecule has 0 aliphatic carbocycles. The third-order valence-electron chi connectivity index (χ3n) is 3.07. The Morgan fingerprint density at radius 1 is 1.00 bits per heavy atom. The van der Waals surface area contributed by atoms with Crippen LogP contribution in [0.1, 0.15) is 0 Å². The van der Waals surface area contributed by atoms with E-state index in [1.54, 1.807) is 6.66 Å². The number of hydrogen-bond acceptors (Lipinski definition) is 1. The molecular weight excluding hydrogens is 239 g/mol. The second-order valence-electron chi connectivity index (χ2n) is 4.08. The molecule has 0 saturated heterocycles. The molecule has 2 aromatic rings. The van der Waals surface area contributed by atoms with Gasteiger partial charge in [-0.25, -0.2) is 0 Å². The lowest BCUT2D eigenvalue weighted by atomic mass is 10.1. The summed E-state index contributed by atoms with van der Waals surface area (Å²) < 4.78 is 12.8. The summed E-state index contributed by atoms with van der Waals surface area (Å²) in [7, 11) is -2.49. The van der Waals surface area contributed by atoms with Gasteiger partial charge in [0.1, 0.15) is 7.14 Å². The van der Waals surface area contributed by atoms with Gasteiger partial charge in [0.15, 0.2) is 0 Å². The molecule has 3 heteroatoms. The maximum atomic E-state index is 12.8. The Morgan fingerprint density at radius 2 is 1.69 bits per heavy atom. The van der Waals surface area contributed by atoms with Gasteiger partial charge in [-0.1, -0.05) is 48.0 Å². The van der Waals surface area contributed by atoms with Crippen molar-refractivity contribution >= 4 is 29.4 Å². The number of rotatable bonds is 0. The number of benzene rings is 2. The first-order valence-electron chi connectivity index (χ1n) is 5.09. The normalized spacial score (nSPS) is 21.6. The average molecular weight is 249 g/mol. The highest BCUT2D eigenvalue weighted by atomic mass is 35.5. The highest BCUT2D eigenvalue weighted by Crippen LogP contribution is 2.51. The van der Waals surface area contributed by atoms with Gasteiger partial charge in [0.05, 0.1) is 5.02 Å². The van der Waals surface area contributed by atoms with E-state index in [2.05, 4.69) is 0 Å². The summed E-state index contributed by atoms with van der Waals surface area (Å²) in [6.45, 7) is 1.80. The Morgan fingerprint density at radius 3 is 2.50 bits per heavy atom. The van der Waals surface area contributed by atoms with Crippen LogP contribution in [0.3, 0.4) is 0 Å². The molecule has 0 bridgehead atoms. The van der Waals surface area contributed by atoms with Gasteiger partial charge in [-0.15, -0.1) is 0 Å². The number of halogens is 1. The number of fused-ring (bicyclic) bond motifs is 3. The summed E-state index contributed by atoms with van der Waals surface area (Å²) in [5, 5.41) is 2.36. The molecule has 1 unspecified atom stereocenters. The van der Waals surface area contributed by atoms with E-state index in [1.165, 1.54) is 0 Å². The first kappa shape index (κ1) is 10.1. The van der Waals surface area contributed by atoms with E-state index >= 15 is 0 Å². The van der Waals surface area contributed by atoms with Gasteiger partial charge in [-0.05, 0) is 23.9 Å². The molecule has 1 atom stereocenters. The van der Waals surface area contributed by atoms with Gasteiger partial charge in [0.2, 0.25) is 0 Å². The topological polar surface area (TPSA) is 17.1 Å². The molecule has 0 amide bonds. The summed E-state index contributed by atoms with van der Waals surface area (Å²) in [5.74, 6) is 0. The van der Waals surface area contributed by atoms with E-state index in [-0.39, 0.29) is 0 Å². The first-order valence-corrected chi connectivity index (χ1v) is 7.62. The lowest BCUT2D eigenvalue weighted by Gasteiger charge is -2.09. The molecule has 0 radical (unpaired) electrons. The van der Waals surface area contributed by atoms with E-state index in [1.807, 2.05) is 42.5 Å². The predicted octanol–water partition coefficient (Wildman–Crippen LogP) is 3.26. The van der Waals surface area contributed by atoms with Crippen molar-refractivity contribution in [1.82, 2.24) is 0 Å². The van der Waals surface area contributed by atoms with E-state index < -0.39 is 7.14 Å². The Labute approximate surface area is 99.4 Å². The van der Waals surface area contributed by atoms with Crippen LogP contribution >= 0.6 is 18.7 Å². The Bertz CT molecular complexity index is 634. The van der Waals surface area contributed by atoms with Crippen LogP contribution in [0, 0.1) is 0 Å². The molecule has 0 N–H and O–H groups in total. The van der Waals surface area contributed by atoms with Crippen molar-refractivity contribution < 1.29 is 4.57 Å².